The maximum atomic E-state index is 10.9. The lowest BCUT2D eigenvalue weighted by Crippen LogP contribution is -2.49. The van der Waals surface area contributed by atoms with Gasteiger partial charge in [0.15, 0.2) is 0 Å². The SMILES string of the molecule is COc1ccc(-c2cnc3cccc(-c4ccc(C(O)(O)N5CCSCC5)cc4)c3n2)cc1N1CCC(C)CC1. The average Bonchev–Trinajstić information content (AvgIpc) is 3.01. The van der Waals surface area contributed by atoms with Crippen LogP contribution in [0, 0.1) is 5.92 Å². The molecule has 2 aliphatic heterocycles. The van der Waals surface area contributed by atoms with E-state index in [1.165, 1.54) is 12.8 Å². The van der Waals surface area contributed by atoms with Gasteiger partial charge in [0.2, 0.25) is 0 Å². The van der Waals surface area contributed by atoms with Crippen molar-refractivity contribution in [3.05, 3.63) is 72.4 Å². The molecule has 2 N–H and O–H groups in total. The van der Waals surface area contributed by atoms with Crippen molar-refractivity contribution in [2.45, 2.75) is 25.7 Å². The van der Waals surface area contributed by atoms with E-state index >= 15 is 0 Å². The molecule has 0 amide bonds. The summed E-state index contributed by atoms with van der Waals surface area (Å²) in [7, 11) is 1.72. The molecule has 3 heterocycles. The lowest BCUT2D eigenvalue weighted by Gasteiger charge is -2.37. The van der Waals surface area contributed by atoms with Crippen LogP contribution in [0.4, 0.5) is 5.69 Å². The Balaban J connectivity index is 1.34. The first-order valence-electron chi connectivity index (χ1n) is 14.0. The molecule has 1 aromatic heterocycles. The van der Waals surface area contributed by atoms with E-state index in [9.17, 15) is 10.2 Å². The third-order valence-corrected chi connectivity index (χ3v) is 9.15. The van der Waals surface area contributed by atoms with Gasteiger partial charge < -0.3 is 19.8 Å². The molecule has 2 saturated heterocycles. The van der Waals surface area contributed by atoms with E-state index in [0.717, 1.165) is 75.4 Å². The number of thioether (sulfide) groups is 1. The predicted molar refractivity (Wildman–Crippen MR) is 163 cm³/mol. The van der Waals surface area contributed by atoms with E-state index in [4.69, 9.17) is 14.7 Å². The van der Waals surface area contributed by atoms with Gasteiger partial charge >= 0.3 is 0 Å². The summed E-state index contributed by atoms with van der Waals surface area (Å²) >= 11 is 1.83. The van der Waals surface area contributed by atoms with Crippen LogP contribution in [-0.2, 0) is 5.91 Å². The Morgan fingerprint density at radius 1 is 0.925 bits per heavy atom. The summed E-state index contributed by atoms with van der Waals surface area (Å²) in [4.78, 5) is 14.0. The first-order chi connectivity index (χ1) is 19.4. The van der Waals surface area contributed by atoms with Gasteiger partial charge in [0.25, 0.3) is 5.91 Å². The fourth-order valence-electron chi connectivity index (χ4n) is 5.68. The van der Waals surface area contributed by atoms with Crippen LogP contribution < -0.4 is 9.64 Å². The summed E-state index contributed by atoms with van der Waals surface area (Å²) in [6.45, 7) is 5.64. The maximum absolute atomic E-state index is 10.9. The highest BCUT2D eigenvalue weighted by atomic mass is 32.2. The molecule has 0 aliphatic carbocycles. The lowest BCUT2D eigenvalue weighted by atomic mass is 9.98. The first-order valence-corrected chi connectivity index (χ1v) is 15.2. The number of benzene rings is 3. The van der Waals surface area contributed by atoms with E-state index in [-0.39, 0.29) is 0 Å². The third-order valence-electron chi connectivity index (χ3n) is 8.21. The molecule has 2 fully saturated rings. The van der Waals surface area contributed by atoms with Crippen LogP contribution in [0.2, 0.25) is 0 Å². The van der Waals surface area contributed by atoms with Crippen LogP contribution >= 0.6 is 11.8 Å². The van der Waals surface area contributed by atoms with Crippen LogP contribution in [0.3, 0.4) is 0 Å². The minimum absolute atomic E-state index is 0.466. The number of ether oxygens (including phenoxy) is 1. The molecule has 7 nitrogen and oxygen atoms in total. The van der Waals surface area contributed by atoms with Crippen LogP contribution in [0.5, 0.6) is 5.75 Å². The number of piperidine rings is 1. The quantitative estimate of drug-likeness (QED) is 0.308. The normalized spacial score (nSPS) is 17.4. The Kier molecular flexibility index (Phi) is 7.68. The third kappa shape index (κ3) is 5.29. The number of para-hydroxylation sites is 1. The number of nitrogens with zero attached hydrogens (tertiary/aromatic N) is 4. The molecule has 208 valence electrons. The van der Waals surface area contributed by atoms with Crippen molar-refractivity contribution in [2.24, 2.45) is 5.92 Å². The average molecular weight is 557 g/mol. The van der Waals surface area contributed by atoms with E-state index in [2.05, 4.69) is 17.9 Å². The Labute approximate surface area is 239 Å². The monoisotopic (exact) mass is 556 g/mol. The van der Waals surface area contributed by atoms with Gasteiger partial charge in [0.1, 0.15) is 5.75 Å². The summed E-state index contributed by atoms with van der Waals surface area (Å²) in [5, 5.41) is 21.8. The standard InChI is InChI=1S/C32H36N4O3S/c1-22-12-14-35(15-13-22)29-20-24(8-11-30(29)39-2)28-21-33-27-5-3-4-26(31(27)34-28)23-6-9-25(10-7-23)32(37,38)36-16-18-40-19-17-36/h3-11,20-22,37-38H,12-19H2,1-2H3. The van der Waals surface area contributed by atoms with Crippen molar-refractivity contribution in [2.75, 3.05) is 49.7 Å². The number of aliphatic hydroxyl groups is 2. The maximum Gasteiger partial charge on any atom is 0.253 e. The number of aromatic nitrogens is 2. The Bertz CT molecular complexity index is 1480. The van der Waals surface area contributed by atoms with Crippen molar-refractivity contribution >= 4 is 28.5 Å². The molecule has 40 heavy (non-hydrogen) atoms. The Hall–Kier alpha value is -3.17. The molecule has 0 spiro atoms. The van der Waals surface area contributed by atoms with Gasteiger partial charge in [-0.1, -0.05) is 43.3 Å². The number of hydrogen-bond donors (Lipinski definition) is 2. The highest BCUT2D eigenvalue weighted by molar-refractivity contribution is 7.99. The predicted octanol–water partition coefficient (Wildman–Crippen LogP) is 5.35. The highest BCUT2D eigenvalue weighted by Gasteiger charge is 2.35. The molecule has 0 unspecified atom stereocenters. The van der Waals surface area contributed by atoms with Crippen molar-refractivity contribution in [1.29, 1.82) is 0 Å². The van der Waals surface area contributed by atoms with Crippen molar-refractivity contribution in [1.82, 2.24) is 14.9 Å². The largest absolute Gasteiger partial charge is 0.495 e. The van der Waals surface area contributed by atoms with Crippen LogP contribution in [0.15, 0.2) is 66.9 Å². The molecule has 0 atom stereocenters. The van der Waals surface area contributed by atoms with E-state index in [1.54, 1.807) is 24.1 Å². The topological polar surface area (TPSA) is 81.9 Å². The molecular weight excluding hydrogens is 520 g/mol. The Morgan fingerprint density at radius 2 is 1.65 bits per heavy atom. The second-order valence-corrected chi connectivity index (χ2v) is 12.0. The van der Waals surface area contributed by atoms with Crippen molar-refractivity contribution < 1.29 is 14.9 Å². The number of anilines is 1. The molecule has 0 bridgehead atoms. The van der Waals surface area contributed by atoms with E-state index in [0.29, 0.717) is 18.7 Å². The Morgan fingerprint density at radius 3 is 2.38 bits per heavy atom. The second-order valence-electron chi connectivity index (χ2n) is 10.8. The van der Waals surface area contributed by atoms with Gasteiger partial charge in [-0.2, -0.15) is 11.8 Å². The number of methoxy groups -OCH3 is 1. The van der Waals surface area contributed by atoms with Gasteiger partial charge in [-0.05, 0) is 48.6 Å². The first kappa shape index (κ1) is 27.0. The summed E-state index contributed by atoms with van der Waals surface area (Å²) < 4.78 is 5.72. The molecule has 3 aromatic carbocycles. The minimum atomic E-state index is -1.98. The number of fused-ring (bicyclic) bond motifs is 1. The summed E-state index contributed by atoms with van der Waals surface area (Å²) in [5.74, 6) is 1.43. The van der Waals surface area contributed by atoms with Gasteiger partial charge in [-0.25, -0.2) is 9.88 Å². The molecule has 0 saturated carbocycles. The summed E-state index contributed by atoms with van der Waals surface area (Å²) in [6, 6.07) is 19.7. The van der Waals surface area contributed by atoms with Crippen LogP contribution in [0.25, 0.3) is 33.4 Å². The molecule has 2 aliphatic rings. The molecular formula is C32H36N4O3S. The van der Waals surface area contributed by atoms with Gasteiger partial charge in [0, 0.05) is 54.4 Å². The second kappa shape index (κ2) is 11.4. The number of hydrogen-bond acceptors (Lipinski definition) is 8. The van der Waals surface area contributed by atoms with E-state index in [1.807, 2.05) is 60.4 Å². The van der Waals surface area contributed by atoms with Gasteiger partial charge in [0.05, 0.1) is 35.7 Å². The zero-order chi connectivity index (χ0) is 27.7. The number of rotatable bonds is 6. The minimum Gasteiger partial charge on any atom is -0.495 e. The molecule has 4 aromatic rings. The summed E-state index contributed by atoms with van der Waals surface area (Å²) in [5.41, 5.74) is 6.89. The fourth-order valence-corrected chi connectivity index (χ4v) is 6.59. The molecule has 8 heteroatoms. The molecule has 0 radical (unpaired) electrons. The van der Waals surface area contributed by atoms with E-state index < -0.39 is 5.91 Å². The lowest BCUT2D eigenvalue weighted by molar-refractivity contribution is -0.273. The van der Waals surface area contributed by atoms with Crippen molar-refractivity contribution in [3.8, 4) is 28.1 Å². The van der Waals surface area contributed by atoms with Crippen molar-refractivity contribution in [3.63, 3.8) is 0 Å². The smallest absolute Gasteiger partial charge is 0.253 e. The highest BCUT2D eigenvalue weighted by Crippen LogP contribution is 2.36. The van der Waals surface area contributed by atoms with Gasteiger partial charge in [-0.3, -0.25) is 4.98 Å². The van der Waals surface area contributed by atoms with Crippen LogP contribution in [-0.4, -0.2) is 69.9 Å². The van der Waals surface area contributed by atoms with Crippen LogP contribution in [0.1, 0.15) is 25.3 Å². The summed E-state index contributed by atoms with van der Waals surface area (Å²) in [6.07, 6.45) is 4.19. The fraction of sp³-hybridized carbons (Fsp3) is 0.375. The zero-order valence-electron chi connectivity index (χ0n) is 23.1. The zero-order valence-corrected chi connectivity index (χ0v) is 23.9. The van der Waals surface area contributed by atoms with Gasteiger partial charge in [-0.15, -0.1) is 0 Å². The molecule has 6 rings (SSSR count).